The molecular weight excluding hydrogens is 540 g/mol. The summed E-state index contributed by atoms with van der Waals surface area (Å²) in [7, 11) is 0. The summed E-state index contributed by atoms with van der Waals surface area (Å²) < 4.78 is 17.6. The Morgan fingerprint density at radius 3 is 1.53 bits per heavy atom. The summed E-state index contributed by atoms with van der Waals surface area (Å²) in [5.41, 5.74) is 4.49. The first-order valence-electron chi connectivity index (χ1n) is 14.0. The van der Waals surface area contributed by atoms with Gasteiger partial charge in [-0.1, -0.05) is 127 Å². The number of ether oxygens (including phenoxy) is 3. The van der Waals surface area contributed by atoms with Crippen LogP contribution < -0.4 is 0 Å². The summed E-state index contributed by atoms with van der Waals surface area (Å²) in [6.07, 6.45) is -0.830. The van der Waals surface area contributed by atoms with Crippen LogP contribution in [0.15, 0.2) is 127 Å². The summed E-state index contributed by atoms with van der Waals surface area (Å²) in [6, 6.07) is 39.2. The Labute approximate surface area is 248 Å². The van der Waals surface area contributed by atoms with Gasteiger partial charge in [0.15, 0.2) is 6.10 Å². The van der Waals surface area contributed by atoms with Crippen molar-refractivity contribution in [3.63, 3.8) is 0 Å². The van der Waals surface area contributed by atoms with Crippen LogP contribution in [0.5, 0.6) is 0 Å². The number of carbonyl (C=O) groups is 2. The van der Waals surface area contributed by atoms with Crippen LogP contribution in [0.25, 0.3) is 22.3 Å². The average Bonchev–Trinajstić information content (AvgIpc) is 3.56. The van der Waals surface area contributed by atoms with Crippen molar-refractivity contribution in [3.8, 4) is 22.3 Å². The molecule has 7 rings (SSSR count). The van der Waals surface area contributed by atoms with Crippen LogP contribution in [-0.2, 0) is 35.2 Å². The van der Waals surface area contributed by atoms with E-state index in [-0.39, 0.29) is 6.61 Å². The first-order valence-corrected chi connectivity index (χ1v) is 14.0. The van der Waals surface area contributed by atoms with E-state index in [0.717, 1.165) is 33.4 Å². The quantitative estimate of drug-likeness (QED) is 0.119. The molecule has 1 atom stereocenters. The van der Waals surface area contributed by atoms with Crippen molar-refractivity contribution in [3.05, 3.63) is 155 Å². The van der Waals surface area contributed by atoms with Crippen molar-refractivity contribution in [2.75, 3.05) is 0 Å². The predicted octanol–water partition coefficient (Wildman–Crippen LogP) is 6.68. The number of benzene rings is 5. The molecule has 0 bridgehead atoms. The van der Waals surface area contributed by atoms with Gasteiger partial charge in [-0.3, -0.25) is 0 Å². The minimum atomic E-state index is -2.52. The zero-order chi connectivity index (χ0) is 29.4. The van der Waals surface area contributed by atoms with Crippen molar-refractivity contribution < 1.29 is 28.6 Å². The second-order valence-corrected chi connectivity index (χ2v) is 10.6. The van der Waals surface area contributed by atoms with Gasteiger partial charge < -0.3 is 14.2 Å². The fraction of sp³-hybridized carbons (Fsp3) is 0.108. The molecule has 0 aliphatic heterocycles. The lowest BCUT2D eigenvalue weighted by atomic mass is 9.79. The monoisotopic (exact) mass is 565 g/mol. The van der Waals surface area contributed by atoms with E-state index in [1.54, 1.807) is 12.1 Å². The van der Waals surface area contributed by atoms with Gasteiger partial charge in [-0.25, -0.2) is 14.4 Å². The van der Waals surface area contributed by atoms with Crippen LogP contribution in [-0.4, -0.2) is 24.0 Å². The number of hydrogen-bond donors (Lipinski definition) is 0. The predicted molar refractivity (Wildman–Crippen MR) is 159 cm³/mol. The molecule has 6 nitrogen and oxygen atoms in total. The van der Waals surface area contributed by atoms with E-state index in [9.17, 15) is 14.4 Å². The fourth-order valence-corrected chi connectivity index (χ4v) is 6.38. The maximum Gasteiger partial charge on any atom is 0.419 e. The van der Waals surface area contributed by atoms with Gasteiger partial charge in [-0.2, -0.15) is 0 Å². The van der Waals surface area contributed by atoms with Crippen LogP contribution in [0.1, 0.15) is 39.8 Å². The third-order valence-electron chi connectivity index (χ3n) is 8.26. The highest BCUT2D eigenvalue weighted by atomic mass is 16.6. The number of esters is 2. The van der Waals surface area contributed by atoms with Crippen LogP contribution in [0.4, 0.5) is 0 Å². The SMILES string of the molecule is O=[C]OC(C(=O)OCc1ccccc1)(C(=O)OC1c2ccccc2-c2ccccc21)C1c2ccccc2-c2ccccc21. The van der Waals surface area contributed by atoms with Crippen molar-refractivity contribution in [1.82, 2.24) is 0 Å². The zero-order valence-corrected chi connectivity index (χ0v) is 22.9. The molecule has 43 heavy (non-hydrogen) atoms. The topological polar surface area (TPSA) is 78.9 Å². The van der Waals surface area contributed by atoms with Crippen molar-refractivity contribution in [2.45, 2.75) is 24.2 Å². The first-order chi connectivity index (χ1) is 21.1. The summed E-state index contributed by atoms with van der Waals surface area (Å²) >= 11 is 0. The van der Waals surface area contributed by atoms with E-state index in [4.69, 9.17) is 14.2 Å². The van der Waals surface area contributed by atoms with E-state index < -0.39 is 29.6 Å². The summed E-state index contributed by atoms with van der Waals surface area (Å²) in [5.74, 6) is -3.12. The molecule has 6 heteroatoms. The van der Waals surface area contributed by atoms with Gasteiger partial charge in [0.25, 0.3) is 0 Å². The molecule has 0 heterocycles. The Morgan fingerprint density at radius 1 is 0.581 bits per heavy atom. The van der Waals surface area contributed by atoms with Gasteiger partial charge in [0, 0.05) is 11.1 Å². The van der Waals surface area contributed by atoms with Gasteiger partial charge in [0.2, 0.25) is 0 Å². The summed E-state index contributed by atoms with van der Waals surface area (Å²) in [6.45, 7) is 1.28. The Bertz CT molecular complexity index is 1770. The van der Waals surface area contributed by atoms with Gasteiger partial charge in [-0.15, -0.1) is 0 Å². The molecule has 2 aliphatic carbocycles. The van der Waals surface area contributed by atoms with E-state index >= 15 is 0 Å². The van der Waals surface area contributed by atoms with Crippen LogP contribution >= 0.6 is 0 Å². The van der Waals surface area contributed by atoms with Crippen molar-refractivity contribution in [1.29, 1.82) is 0 Å². The van der Waals surface area contributed by atoms with E-state index in [1.807, 2.05) is 115 Å². The molecule has 0 spiro atoms. The minimum absolute atomic E-state index is 0.137. The molecule has 209 valence electrons. The Kier molecular flexibility index (Phi) is 6.59. The number of hydrogen-bond acceptors (Lipinski definition) is 6. The maximum atomic E-state index is 14.7. The van der Waals surface area contributed by atoms with E-state index in [0.29, 0.717) is 16.7 Å². The van der Waals surface area contributed by atoms with Gasteiger partial charge >= 0.3 is 24.0 Å². The van der Waals surface area contributed by atoms with Gasteiger partial charge in [-0.05, 0) is 38.9 Å². The zero-order valence-electron chi connectivity index (χ0n) is 22.9. The molecule has 0 saturated heterocycles. The molecule has 1 radical (unpaired) electrons. The molecule has 0 aromatic heterocycles. The molecular formula is C37H25O6. The number of fused-ring (bicyclic) bond motifs is 6. The second-order valence-electron chi connectivity index (χ2n) is 10.6. The smallest absolute Gasteiger partial charge is 0.419 e. The van der Waals surface area contributed by atoms with Crippen molar-refractivity contribution in [2.24, 2.45) is 0 Å². The van der Waals surface area contributed by atoms with E-state index in [1.165, 1.54) is 6.47 Å². The number of carbonyl (C=O) groups excluding carboxylic acids is 3. The molecule has 5 aromatic rings. The first kappa shape index (κ1) is 26.4. The summed E-state index contributed by atoms with van der Waals surface area (Å²) in [4.78, 5) is 41.1. The largest absolute Gasteiger partial charge is 0.457 e. The fourth-order valence-electron chi connectivity index (χ4n) is 6.38. The average molecular weight is 566 g/mol. The Balaban J connectivity index is 1.37. The molecule has 0 fully saturated rings. The Hall–Kier alpha value is -5.49. The third-order valence-corrected chi connectivity index (χ3v) is 8.26. The highest BCUT2D eigenvalue weighted by Gasteiger charge is 2.62. The normalized spacial score (nSPS) is 14.4. The van der Waals surface area contributed by atoms with Gasteiger partial charge in [0.1, 0.15) is 6.61 Å². The van der Waals surface area contributed by atoms with Crippen molar-refractivity contribution >= 4 is 18.4 Å². The molecule has 0 saturated carbocycles. The molecule has 1 unspecified atom stereocenters. The lowest BCUT2D eigenvalue weighted by molar-refractivity contribution is -0.186. The van der Waals surface area contributed by atoms with Crippen LogP contribution in [0.3, 0.4) is 0 Å². The van der Waals surface area contributed by atoms with Crippen LogP contribution in [0, 0.1) is 0 Å². The minimum Gasteiger partial charge on any atom is -0.457 e. The second kappa shape index (κ2) is 10.7. The summed E-state index contributed by atoms with van der Waals surface area (Å²) in [5, 5.41) is 0. The van der Waals surface area contributed by atoms with Crippen LogP contribution in [0.2, 0.25) is 0 Å². The molecule has 5 aromatic carbocycles. The lowest BCUT2D eigenvalue weighted by Crippen LogP contribution is -2.55. The molecule has 2 aliphatic rings. The third kappa shape index (κ3) is 4.22. The van der Waals surface area contributed by atoms with E-state index in [2.05, 4.69) is 0 Å². The molecule has 0 N–H and O–H groups in total. The highest BCUT2D eigenvalue weighted by molar-refractivity contribution is 6.08. The molecule has 0 amide bonds. The maximum absolute atomic E-state index is 14.7. The highest BCUT2D eigenvalue weighted by Crippen LogP contribution is 2.53. The standard InChI is InChI=1S/C37H25O6/c38-23-42-37(35(39)41-22-24-12-2-1-3-13-24,33-29-18-8-4-14-25(29)26-15-5-9-19-30(26)33)36(40)43-34-31-20-10-6-16-27(31)28-17-7-11-21-32(28)34/h1-21,33-34H,22H2. The number of rotatable bonds is 8. The van der Waals surface area contributed by atoms with Gasteiger partial charge in [0.05, 0.1) is 5.92 Å². The Morgan fingerprint density at radius 2 is 1.02 bits per heavy atom. The lowest BCUT2D eigenvalue weighted by Gasteiger charge is -2.34.